The molecule has 10 nitrogen and oxygen atoms in total. The molecule has 0 saturated heterocycles. The lowest BCUT2D eigenvalue weighted by Gasteiger charge is -2.60. The lowest BCUT2D eigenvalue weighted by molar-refractivity contribution is -0.256. The van der Waals surface area contributed by atoms with Crippen molar-refractivity contribution in [3.8, 4) is 17.2 Å². The van der Waals surface area contributed by atoms with Gasteiger partial charge in [-0.25, -0.2) is 9.18 Å². The summed E-state index contributed by atoms with van der Waals surface area (Å²) in [6.45, 7) is 16.3. The molecule has 2 N–H and O–H groups in total. The molecule has 6 atom stereocenters. The molecular formula is C49H63FN2O8. The molecule has 2 aliphatic carbocycles. The zero-order valence-corrected chi connectivity index (χ0v) is 36.1. The molecule has 6 rings (SSSR count). The number of halogens is 1. The number of ether oxygens (including phenoxy) is 4. The first-order valence-electron chi connectivity index (χ1n) is 21.5. The second kappa shape index (κ2) is 19.8. The first-order chi connectivity index (χ1) is 28.8. The second-order valence-electron chi connectivity index (χ2n) is 17.3. The zero-order valence-electron chi connectivity index (χ0n) is 36.1. The number of hydrogen-bond donors (Lipinski definition) is 2. The largest absolute Gasteiger partial charge is 0.459 e. The number of aliphatic hydroxyl groups excluding tert-OH is 2. The molecule has 1 fully saturated rings. The maximum atomic E-state index is 14.4. The summed E-state index contributed by atoms with van der Waals surface area (Å²) in [6.07, 6.45) is 8.16. The minimum absolute atomic E-state index is 0.0342. The fourth-order valence-corrected chi connectivity index (χ4v) is 9.11. The predicted molar refractivity (Wildman–Crippen MR) is 231 cm³/mol. The van der Waals surface area contributed by atoms with Crippen LogP contribution in [0, 0.1) is 37.4 Å². The Hall–Kier alpha value is -4.71. The van der Waals surface area contributed by atoms with Gasteiger partial charge < -0.3 is 34.0 Å². The number of oxime groups is 1. The van der Waals surface area contributed by atoms with Crippen molar-refractivity contribution < 1.29 is 43.2 Å². The van der Waals surface area contributed by atoms with Crippen molar-refractivity contribution in [3.05, 3.63) is 113 Å². The van der Waals surface area contributed by atoms with E-state index in [1.165, 1.54) is 17.7 Å². The van der Waals surface area contributed by atoms with Gasteiger partial charge >= 0.3 is 6.09 Å². The number of fused-ring (bicyclic) bond motifs is 2. The van der Waals surface area contributed by atoms with Gasteiger partial charge in [0.15, 0.2) is 0 Å². The summed E-state index contributed by atoms with van der Waals surface area (Å²) >= 11 is 0. The van der Waals surface area contributed by atoms with Gasteiger partial charge in [-0.05, 0) is 144 Å². The van der Waals surface area contributed by atoms with Gasteiger partial charge in [-0.3, -0.25) is 4.90 Å². The minimum atomic E-state index is -1.48. The number of carbonyl (C=O) groups is 1. The van der Waals surface area contributed by atoms with Crippen LogP contribution in [0.3, 0.4) is 0 Å². The van der Waals surface area contributed by atoms with Crippen LogP contribution in [0.15, 0.2) is 90.1 Å². The number of unbranched alkanes of at least 4 members (excludes halogenated alkanes) is 2. The van der Waals surface area contributed by atoms with Crippen molar-refractivity contribution in [2.75, 3.05) is 26.4 Å². The number of allylic oxidation sites excluding steroid dienone is 1. The predicted octanol–water partition coefficient (Wildman–Crippen LogP) is 10.3. The molecule has 1 aliphatic heterocycles. The van der Waals surface area contributed by atoms with Gasteiger partial charge in [-0.1, -0.05) is 48.3 Å². The first kappa shape index (κ1) is 44.8. The molecule has 3 aliphatic rings. The molecule has 1 saturated carbocycles. The van der Waals surface area contributed by atoms with Gasteiger partial charge in [0.25, 0.3) is 0 Å². The monoisotopic (exact) mass is 826 g/mol. The highest BCUT2D eigenvalue weighted by atomic mass is 19.1. The van der Waals surface area contributed by atoms with E-state index in [-0.39, 0.29) is 63.0 Å². The van der Waals surface area contributed by atoms with Gasteiger partial charge in [0, 0.05) is 37.7 Å². The third kappa shape index (κ3) is 10.1. The van der Waals surface area contributed by atoms with Gasteiger partial charge in [0.05, 0.1) is 24.8 Å². The molecule has 0 radical (unpaired) electrons. The number of aryl methyl sites for hydroxylation is 2. The maximum Gasteiger partial charge on any atom is 0.410 e. The van der Waals surface area contributed by atoms with Crippen LogP contribution in [0.25, 0.3) is 0 Å². The van der Waals surface area contributed by atoms with Crippen molar-refractivity contribution in [1.82, 2.24) is 4.90 Å². The van der Waals surface area contributed by atoms with E-state index in [4.69, 9.17) is 28.9 Å². The Labute approximate surface area is 355 Å². The van der Waals surface area contributed by atoms with E-state index in [9.17, 15) is 19.4 Å². The Morgan fingerprint density at radius 3 is 2.35 bits per heavy atom. The van der Waals surface area contributed by atoms with E-state index >= 15 is 0 Å². The number of rotatable bonds is 18. The maximum absolute atomic E-state index is 14.4. The number of benzene rings is 3. The van der Waals surface area contributed by atoms with Gasteiger partial charge in [0.2, 0.25) is 5.79 Å². The van der Waals surface area contributed by atoms with E-state index in [2.05, 4.69) is 32.6 Å². The van der Waals surface area contributed by atoms with Crippen LogP contribution in [0.4, 0.5) is 9.18 Å². The van der Waals surface area contributed by atoms with Crippen LogP contribution < -0.4 is 9.47 Å². The summed E-state index contributed by atoms with van der Waals surface area (Å²) in [5, 5.41) is 24.8. The Morgan fingerprint density at radius 2 is 1.68 bits per heavy atom. The molecule has 1 heterocycles. The van der Waals surface area contributed by atoms with Gasteiger partial charge in [-0.2, -0.15) is 0 Å². The molecule has 60 heavy (non-hydrogen) atoms. The van der Waals surface area contributed by atoms with Crippen molar-refractivity contribution in [1.29, 1.82) is 0 Å². The normalized spacial score (nSPS) is 23.8. The highest BCUT2D eigenvalue weighted by Gasteiger charge is 2.65. The Morgan fingerprint density at radius 1 is 0.983 bits per heavy atom. The SMILES string of the molecule is C=CCO[C@@]12Oc3ccc(Oc4ccc(C)c(C)c4)cc3[C@H]3[C@H](CCCCO)[C@@H](CCCCO)C=C(C(=NOC(C)(C)C)C[C@@H]1N(Cc1ccc(F)cc1)C(=O)OCC)[C@H]32. The summed E-state index contributed by atoms with van der Waals surface area (Å²) in [5.74, 6) is -0.525. The zero-order chi connectivity index (χ0) is 43.0. The summed E-state index contributed by atoms with van der Waals surface area (Å²) in [7, 11) is 0. The van der Waals surface area contributed by atoms with Crippen LogP contribution >= 0.6 is 0 Å². The van der Waals surface area contributed by atoms with E-state index < -0.39 is 29.4 Å². The average Bonchev–Trinajstić information content (AvgIpc) is 3.21. The van der Waals surface area contributed by atoms with E-state index in [0.717, 1.165) is 48.1 Å². The van der Waals surface area contributed by atoms with E-state index in [1.54, 1.807) is 30.0 Å². The summed E-state index contributed by atoms with van der Waals surface area (Å²) < 4.78 is 40.9. The number of hydrogen-bond acceptors (Lipinski definition) is 9. The van der Waals surface area contributed by atoms with Crippen LogP contribution in [0.1, 0.15) is 101 Å². The van der Waals surface area contributed by atoms with Crippen molar-refractivity contribution in [2.45, 2.75) is 116 Å². The topological polar surface area (TPSA) is 119 Å². The summed E-state index contributed by atoms with van der Waals surface area (Å²) in [5.41, 5.74) is 4.92. The highest BCUT2D eigenvalue weighted by Crippen LogP contribution is 2.62. The fourth-order valence-electron chi connectivity index (χ4n) is 9.11. The number of aliphatic hydroxyl groups is 2. The van der Waals surface area contributed by atoms with E-state index in [0.29, 0.717) is 35.6 Å². The molecular weight excluding hydrogens is 764 g/mol. The third-order valence-electron chi connectivity index (χ3n) is 11.9. The summed E-state index contributed by atoms with van der Waals surface area (Å²) in [6, 6.07) is 17.2. The van der Waals surface area contributed by atoms with Crippen LogP contribution in [-0.4, -0.2) is 70.8 Å². The van der Waals surface area contributed by atoms with Crippen LogP contribution in [0.5, 0.6) is 17.2 Å². The molecule has 3 aromatic rings. The minimum Gasteiger partial charge on any atom is -0.459 e. The first-order valence-corrected chi connectivity index (χ1v) is 21.5. The lowest BCUT2D eigenvalue weighted by atomic mass is 9.55. The number of carbonyl (C=O) groups excluding carboxylic acids is 1. The smallest absolute Gasteiger partial charge is 0.410 e. The van der Waals surface area contributed by atoms with E-state index in [1.807, 2.05) is 51.1 Å². The Bertz CT molecular complexity index is 2010. The molecule has 11 heteroatoms. The van der Waals surface area contributed by atoms with Crippen LogP contribution in [-0.2, 0) is 20.9 Å². The number of nitrogens with zero attached hydrogens (tertiary/aromatic N) is 2. The third-order valence-corrected chi connectivity index (χ3v) is 11.9. The number of amides is 1. The Kier molecular flexibility index (Phi) is 14.8. The fraction of sp³-hybridized carbons (Fsp3) is 0.510. The quantitative estimate of drug-likeness (QED) is 0.0739. The average molecular weight is 827 g/mol. The van der Waals surface area contributed by atoms with Crippen molar-refractivity contribution in [2.24, 2.45) is 22.9 Å². The highest BCUT2D eigenvalue weighted by molar-refractivity contribution is 6.03. The Balaban J connectivity index is 1.62. The molecule has 0 aromatic heterocycles. The van der Waals surface area contributed by atoms with Crippen LogP contribution in [0.2, 0.25) is 0 Å². The van der Waals surface area contributed by atoms with Gasteiger partial charge in [-0.15, -0.1) is 6.58 Å². The molecule has 324 valence electrons. The molecule has 3 aromatic carbocycles. The standard InChI is InChI=1S/C49H63FN2O8/c1-8-26-57-49-44(52(47(55)56-9-2)31-34-17-19-36(50)20-18-34)30-42(51-60-48(5,6)7)40-28-35(14-10-12-24-53)39(15-11-13-25-54)45(46(40)49)41-29-38(22-23-43(41)59-49)58-37-21-16-32(3)33(4)27-37/h8,16-23,27-29,35,39,44-46,53-54H,1,9-15,24-26,30-31H2,2-7H3/t35-,39+,44-,45+,46+,49+/m0/s1. The molecule has 0 bridgehead atoms. The second-order valence-corrected chi connectivity index (χ2v) is 17.3. The molecule has 0 spiro atoms. The summed E-state index contributed by atoms with van der Waals surface area (Å²) in [4.78, 5) is 22.2. The lowest BCUT2D eigenvalue weighted by Crippen LogP contribution is -2.70. The van der Waals surface area contributed by atoms with Crippen molar-refractivity contribution >= 4 is 11.8 Å². The molecule has 0 unspecified atom stereocenters. The van der Waals surface area contributed by atoms with Crippen molar-refractivity contribution in [3.63, 3.8) is 0 Å². The molecule has 1 amide bonds. The van der Waals surface area contributed by atoms with Gasteiger partial charge in [0.1, 0.15) is 34.7 Å².